The fourth-order valence-electron chi connectivity index (χ4n) is 1.27. The first-order valence-corrected chi connectivity index (χ1v) is 6.09. The van der Waals surface area contributed by atoms with E-state index in [9.17, 15) is 4.79 Å². The molecule has 1 aromatic rings. The summed E-state index contributed by atoms with van der Waals surface area (Å²) < 4.78 is 0. The van der Waals surface area contributed by atoms with E-state index in [1.807, 2.05) is 29.3 Å². The minimum Gasteiger partial charge on any atom is -0.350 e. The van der Waals surface area contributed by atoms with E-state index in [-0.39, 0.29) is 5.91 Å². The Balaban J connectivity index is 2.27. The lowest BCUT2D eigenvalue weighted by Crippen LogP contribution is -2.36. The van der Waals surface area contributed by atoms with Gasteiger partial charge >= 0.3 is 0 Å². The SMILES string of the molecule is C#CCN(CC)CC(=O)NCc1cccs1. The lowest BCUT2D eigenvalue weighted by Gasteiger charge is -2.16. The topological polar surface area (TPSA) is 32.3 Å². The number of terminal acetylenes is 1. The number of carbonyl (C=O) groups is 1. The monoisotopic (exact) mass is 236 g/mol. The second kappa shape index (κ2) is 7.04. The van der Waals surface area contributed by atoms with Crippen molar-refractivity contribution in [1.29, 1.82) is 0 Å². The van der Waals surface area contributed by atoms with Gasteiger partial charge < -0.3 is 5.32 Å². The number of rotatable bonds is 6. The van der Waals surface area contributed by atoms with Gasteiger partial charge in [-0.1, -0.05) is 18.9 Å². The highest BCUT2D eigenvalue weighted by molar-refractivity contribution is 7.09. The zero-order valence-corrected chi connectivity index (χ0v) is 10.2. The van der Waals surface area contributed by atoms with E-state index < -0.39 is 0 Å². The average molecular weight is 236 g/mol. The molecule has 1 amide bonds. The Morgan fingerprint density at radius 3 is 3.06 bits per heavy atom. The summed E-state index contributed by atoms with van der Waals surface area (Å²) >= 11 is 1.64. The van der Waals surface area contributed by atoms with Crippen molar-refractivity contribution in [3.8, 4) is 12.3 Å². The van der Waals surface area contributed by atoms with Gasteiger partial charge in [0.05, 0.1) is 19.6 Å². The molecule has 0 aliphatic heterocycles. The lowest BCUT2D eigenvalue weighted by atomic mass is 10.4. The van der Waals surface area contributed by atoms with Crippen molar-refractivity contribution in [2.45, 2.75) is 13.5 Å². The van der Waals surface area contributed by atoms with Crippen LogP contribution in [0.3, 0.4) is 0 Å². The molecule has 0 unspecified atom stereocenters. The fraction of sp³-hybridized carbons (Fsp3) is 0.417. The first-order valence-electron chi connectivity index (χ1n) is 5.21. The molecule has 0 bridgehead atoms. The summed E-state index contributed by atoms with van der Waals surface area (Å²) in [5.41, 5.74) is 0. The highest BCUT2D eigenvalue weighted by atomic mass is 32.1. The molecular weight excluding hydrogens is 220 g/mol. The average Bonchev–Trinajstić information content (AvgIpc) is 2.78. The normalized spacial score (nSPS) is 10.1. The molecule has 0 spiro atoms. The van der Waals surface area contributed by atoms with Gasteiger partial charge in [-0.25, -0.2) is 0 Å². The predicted molar refractivity (Wildman–Crippen MR) is 67.1 cm³/mol. The molecule has 0 atom stereocenters. The number of nitrogens with one attached hydrogen (secondary N) is 1. The van der Waals surface area contributed by atoms with Crippen molar-refractivity contribution in [3.63, 3.8) is 0 Å². The molecule has 0 fully saturated rings. The summed E-state index contributed by atoms with van der Waals surface area (Å²) in [6, 6.07) is 3.98. The number of nitrogens with zero attached hydrogens (tertiary/aromatic N) is 1. The van der Waals surface area contributed by atoms with E-state index in [4.69, 9.17) is 6.42 Å². The van der Waals surface area contributed by atoms with Crippen molar-refractivity contribution in [3.05, 3.63) is 22.4 Å². The third-order valence-corrected chi connectivity index (χ3v) is 3.05. The zero-order valence-electron chi connectivity index (χ0n) is 9.40. The van der Waals surface area contributed by atoms with E-state index in [0.717, 1.165) is 11.4 Å². The Bertz CT molecular complexity index is 354. The molecule has 3 nitrogen and oxygen atoms in total. The Hall–Kier alpha value is -1.31. The maximum Gasteiger partial charge on any atom is 0.234 e. The van der Waals surface area contributed by atoms with Gasteiger partial charge in [-0.3, -0.25) is 9.69 Å². The fourth-order valence-corrected chi connectivity index (χ4v) is 1.91. The molecule has 0 aliphatic carbocycles. The molecule has 1 N–H and O–H groups in total. The Labute approximate surface area is 100 Å². The number of amides is 1. The van der Waals surface area contributed by atoms with Gasteiger partial charge in [-0.05, 0) is 18.0 Å². The molecule has 0 saturated heterocycles. The van der Waals surface area contributed by atoms with Gasteiger partial charge in [0.1, 0.15) is 0 Å². The van der Waals surface area contributed by atoms with Crippen molar-refractivity contribution >= 4 is 17.2 Å². The third kappa shape index (κ3) is 4.47. The minimum absolute atomic E-state index is 0.0190. The second-order valence-corrected chi connectivity index (χ2v) is 4.40. The zero-order chi connectivity index (χ0) is 11.8. The minimum atomic E-state index is 0.0190. The van der Waals surface area contributed by atoms with Crippen LogP contribution in [0.5, 0.6) is 0 Å². The second-order valence-electron chi connectivity index (χ2n) is 3.36. The molecule has 0 aromatic carbocycles. The lowest BCUT2D eigenvalue weighted by molar-refractivity contribution is -0.122. The molecule has 16 heavy (non-hydrogen) atoms. The first-order chi connectivity index (χ1) is 7.76. The van der Waals surface area contributed by atoms with Crippen molar-refractivity contribution in [2.75, 3.05) is 19.6 Å². The van der Waals surface area contributed by atoms with E-state index >= 15 is 0 Å². The van der Waals surface area contributed by atoms with E-state index in [1.165, 1.54) is 0 Å². The third-order valence-electron chi connectivity index (χ3n) is 2.17. The maximum absolute atomic E-state index is 11.6. The van der Waals surface area contributed by atoms with E-state index in [1.54, 1.807) is 11.3 Å². The van der Waals surface area contributed by atoms with Crippen LogP contribution in [0.15, 0.2) is 17.5 Å². The number of thiophene rings is 1. The quantitative estimate of drug-likeness (QED) is 0.756. The van der Waals surface area contributed by atoms with E-state index in [0.29, 0.717) is 19.6 Å². The smallest absolute Gasteiger partial charge is 0.234 e. The van der Waals surface area contributed by atoms with Crippen LogP contribution in [0, 0.1) is 12.3 Å². The number of hydrogen-bond acceptors (Lipinski definition) is 3. The molecule has 86 valence electrons. The molecule has 1 rings (SSSR count). The van der Waals surface area contributed by atoms with Gasteiger partial charge in [-0.2, -0.15) is 0 Å². The highest BCUT2D eigenvalue weighted by Gasteiger charge is 2.07. The Kier molecular flexibility index (Phi) is 5.62. The van der Waals surface area contributed by atoms with Crippen LogP contribution in [0.4, 0.5) is 0 Å². The van der Waals surface area contributed by atoms with Gasteiger partial charge in [0, 0.05) is 4.88 Å². The maximum atomic E-state index is 11.6. The van der Waals surface area contributed by atoms with E-state index in [2.05, 4.69) is 11.2 Å². The Morgan fingerprint density at radius 1 is 1.69 bits per heavy atom. The first kappa shape index (κ1) is 12.8. The van der Waals surface area contributed by atoms with Gasteiger partial charge in [0.25, 0.3) is 0 Å². The number of carbonyl (C=O) groups excluding carboxylic acids is 1. The summed E-state index contributed by atoms with van der Waals surface area (Å²) in [6.07, 6.45) is 5.21. The van der Waals surface area contributed by atoms with Crippen LogP contribution >= 0.6 is 11.3 Å². The van der Waals surface area contributed by atoms with Crippen LogP contribution < -0.4 is 5.32 Å². The van der Waals surface area contributed by atoms with Crippen LogP contribution in [-0.2, 0) is 11.3 Å². The van der Waals surface area contributed by atoms with Crippen LogP contribution in [-0.4, -0.2) is 30.4 Å². The van der Waals surface area contributed by atoms with Gasteiger partial charge in [0.15, 0.2) is 0 Å². The molecule has 4 heteroatoms. The Morgan fingerprint density at radius 2 is 2.50 bits per heavy atom. The van der Waals surface area contributed by atoms with Crippen LogP contribution in [0.25, 0.3) is 0 Å². The highest BCUT2D eigenvalue weighted by Crippen LogP contribution is 2.07. The molecular formula is C12H16N2OS. The molecule has 1 aromatic heterocycles. The van der Waals surface area contributed by atoms with Crippen LogP contribution in [0.1, 0.15) is 11.8 Å². The van der Waals surface area contributed by atoms with Gasteiger partial charge in [0.2, 0.25) is 5.91 Å². The molecule has 1 heterocycles. The molecule has 0 saturated carbocycles. The summed E-state index contributed by atoms with van der Waals surface area (Å²) in [4.78, 5) is 14.6. The summed E-state index contributed by atoms with van der Waals surface area (Å²) in [7, 11) is 0. The van der Waals surface area contributed by atoms with Crippen molar-refractivity contribution < 1.29 is 4.79 Å². The summed E-state index contributed by atoms with van der Waals surface area (Å²) in [6.45, 7) is 4.26. The standard InChI is InChI=1S/C12H16N2OS/c1-3-7-14(4-2)10-12(15)13-9-11-6-5-8-16-11/h1,5-6,8H,4,7,9-10H2,2H3,(H,13,15). The van der Waals surface area contributed by atoms with Crippen LogP contribution in [0.2, 0.25) is 0 Å². The van der Waals surface area contributed by atoms with Crippen molar-refractivity contribution in [2.24, 2.45) is 0 Å². The predicted octanol–water partition coefficient (Wildman–Crippen LogP) is 1.32. The largest absolute Gasteiger partial charge is 0.350 e. The molecule has 0 aliphatic rings. The summed E-state index contributed by atoms with van der Waals surface area (Å²) in [5.74, 6) is 2.56. The number of likely N-dealkylation sites (N-methyl/N-ethyl adjacent to an activating group) is 1. The molecule has 0 radical (unpaired) electrons. The van der Waals surface area contributed by atoms with Crippen molar-refractivity contribution in [1.82, 2.24) is 10.2 Å². The number of hydrogen-bond donors (Lipinski definition) is 1. The summed E-state index contributed by atoms with van der Waals surface area (Å²) in [5, 5.41) is 4.87. The van der Waals surface area contributed by atoms with Gasteiger partial charge in [-0.15, -0.1) is 17.8 Å².